The van der Waals surface area contributed by atoms with Gasteiger partial charge in [0.2, 0.25) is 5.88 Å². The summed E-state index contributed by atoms with van der Waals surface area (Å²) in [5.41, 5.74) is 0.558. The fourth-order valence-corrected chi connectivity index (χ4v) is 1.50. The molecule has 1 aromatic heterocycles. The topological polar surface area (TPSA) is 71.3 Å². The second-order valence-electron chi connectivity index (χ2n) is 3.41. The predicted molar refractivity (Wildman–Crippen MR) is 57.8 cm³/mol. The summed E-state index contributed by atoms with van der Waals surface area (Å²) >= 11 is 0. The molecular weight excluding hydrogens is 208 g/mol. The Labute approximate surface area is 93.7 Å². The van der Waals surface area contributed by atoms with Crippen LogP contribution in [0.2, 0.25) is 0 Å². The Kier molecular flexibility index (Phi) is 3.31. The Morgan fingerprint density at radius 3 is 2.69 bits per heavy atom. The van der Waals surface area contributed by atoms with Gasteiger partial charge in [-0.25, -0.2) is 0 Å². The van der Waals surface area contributed by atoms with Crippen LogP contribution in [0.3, 0.4) is 0 Å². The van der Waals surface area contributed by atoms with Gasteiger partial charge >= 0.3 is 0 Å². The normalized spacial score (nSPS) is 15.9. The molecule has 6 nitrogen and oxygen atoms in total. The van der Waals surface area contributed by atoms with Crippen molar-refractivity contribution in [2.75, 3.05) is 33.4 Å². The maximum atomic E-state index is 7.98. The van der Waals surface area contributed by atoms with Crippen molar-refractivity contribution in [1.82, 2.24) is 15.1 Å². The van der Waals surface area contributed by atoms with Crippen molar-refractivity contribution in [1.29, 1.82) is 5.41 Å². The van der Waals surface area contributed by atoms with Crippen molar-refractivity contribution >= 4 is 5.84 Å². The summed E-state index contributed by atoms with van der Waals surface area (Å²) in [5.74, 6) is 0.844. The predicted octanol–water partition coefficient (Wildman–Crippen LogP) is 0.143. The highest BCUT2D eigenvalue weighted by atomic mass is 16.5. The SMILES string of the molecule is COc1ccc(C(=N)N2CCOCC2)nn1. The molecule has 0 radical (unpaired) electrons. The van der Waals surface area contributed by atoms with Crippen LogP contribution < -0.4 is 4.74 Å². The number of hydrogen-bond donors (Lipinski definition) is 1. The maximum Gasteiger partial charge on any atom is 0.233 e. The molecule has 6 heteroatoms. The number of amidine groups is 1. The van der Waals surface area contributed by atoms with E-state index in [1.165, 1.54) is 7.11 Å². The highest BCUT2D eigenvalue weighted by molar-refractivity contribution is 5.94. The molecule has 1 aliphatic heterocycles. The lowest BCUT2D eigenvalue weighted by Gasteiger charge is -2.28. The van der Waals surface area contributed by atoms with Crippen molar-refractivity contribution in [3.05, 3.63) is 17.8 Å². The molecular formula is C10H14N4O2. The van der Waals surface area contributed by atoms with Crippen LogP contribution >= 0.6 is 0 Å². The highest BCUT2D eigenvalue weighted by Crippen LogP contribution is 2.07. The third kappa shape index (κ3) is 2.27. The van der Waals surface area contributed by atoms with E-state index < -0.39 is 0 Å². The van der Waals surface area contributed by atoms with Gasteiger partial charge in [-0.1, -0.05) is 0 Å². The van der Waals surface area contributed by atoms with Crippen LogP contribution in [0.25, 0.3) is 0 Å². The average Bonchev–Trinajstić information content (AvgIpc) is 2.39. The lowest BCUT2D eigenvalue weighted by molar-refractivity contribution is 0.0678. The van der Waals surface area contributed by atoms with Crippen LogP contribution in [-0.4, -0.2) is 54.3 Å². The van der Waals surface area contributed by atoms with Crippen LogP contribution in [0.4, 0.5) is 0 Å². The quantitative estimate of drug-likeness (QED) is 0.569. The Morgan fingerprint density at radius 2 is 2.12 bits per heavy atom. The van der Waals surface area contributed by atoms with Gasteiger partial charge in [-0.2, -0.15) is 0 Å². The number of aromatic nitrogens is 2. The Bertz CT molecular complexity index is 360. The number of morpholine rings is 1. The first-order valence-corrected chi connectivity index (χ1v) is 5.10. The molecule has 0 bridgehead atoms. The molecule has 0 amide bonds. The second kappa shape index (κ2) is 4.89. The molecule has 16 heavy (non-hydrogen) atoms. The first kappa shape index (κ1) is 10.8. The van der Waals surface area contributed by atoms with E-state index in [2.05, 4.69) is 10.2 Å². The van der Waals surface area contributed by atoms with Crippen LogP contribution in [0, 0.1) is 5.41 Å². The monoisotopic (exact) mass is 222 g/mol. The molecule has 0 saturated carbocycles. The third-order valence-electron chi connectivity index (χ3n) is 2.42. The van der Waals surface area contributed by atoms with Gasteiger partial charge in [-0.15, -0.1) is 10.2 Å². The molecule has 1 fully saturated rings. The number of ether oxygens (including phenoxy) is 2. The summed E-state index contributed by atoms with van der Waals surface area (Å²) < 4.78 is 10.1. The van der Waals surface area contributed by atoms with Gasteiger partial charge in [0.1, 0.15) is 11.5 Å². The van der Waals surface area contributed by atoms with Gasteiger partial charge in [0.05, 0.1) is 20.3 Å². The molecule has 86 valence electrons. The Morgan fingerprint density at radius 1 is 1.38 bits per heavy atom. The molecule has 0 aromatic carbocycles. The zero-order valence-corrected chi connectivity index (χ0v) is 9.14. The van der Waals surface area contributed by atoms with Gasteiger partial charge < -0.3 is 14.4 Å². The summed E-state index contributed by atoms with van der Waals surface area (Å²) in [5, 5.41) is 15.8. The van der Waals surface area contributed by atoms with Gasteiger partial charge in [-0.05, 0) is 6.07 Å². The van der Waals surface area contributed by atoms with Crippen molar-refractivity contribution in [2.24, 2.45) is 0 Å². The fourth-order valence-electron chi connectivity index (χ4n) is 1.50. The molecule has 0 aliphatic carbocycles. The van der Waals surface area contributed by atoms with E-state index in [9.17, 15) is 0 Å². The van der Waals surface area contributed by atoms with E-state index in [1.54, 1.807) is 12.1 Å². The van der Waals surface area contributed by atoms with Crippen LogP contribution in [-0.2, 0) is 4.74 Å². The molecule has 0 unspecified atom stereocenters. The van der Waals surface area contributed by atoms with Gasteiger partial charge in [0.15, 0.2) is 0 Å². The van der Waals surface area contributed by atoms with Crippen molar-refractivity contribution < 1.29 is 9.47 Å². The van der Waals surface area contributed by atoms with Crippen LogP contribution in [0.5, 0.6) is 5.88 Å². The number of hydrogen-bond acceptors (Lipinski definition) is 5. The Balaban J connectivity index is 2.07. The fraction of sp³-hybridized carbons (Fsp3) is 0.500. The molecule has 1 saturated heterocycles. The lowest BCUT2D eigenvalue weighted by Crippen LogP contribution is -2.41. The van der Waals surface area contributed by atoms with E-state index >= 15 is 0 Å². The first-order valence-electron chi connectivity index (χ1n) is 5.10. The highest BCUT2D eigenvalue weighted by Gasteiger charge is 2.16. The minimum Gasteiger partial charge on any atom is -0.480 e. The standard InChI is InChI=1S/C10H14N4O2/c1-15-9-3-2-8(12-13-9)10(11)14-4-6-16-7-5-14/h2-3,11H,4-7H2,1H3. The smallest absolute Gasteiger partial charge is 0.233 e. The van der Waals surface area contributed by atoms with E-state index in [4.69, 9.17) is 14.9 Å². The van der Waals surface area contributed by atoms with Gasteiger partial charge in [-0.3, -0.25) is 5.41 Å². The summed E-state index contributed by atoms with van der Waals surface area (Å²) in [6.45, 7) is 2.77. The summed E-state index contributed by atoms with van der Waals surface area (Å²) in [7, 11) is 1.54. The van der Waals surface area contributed by atoms with Gasteiger partial charge in [0, 0.05) is 19.2 Å². The van der Waals surface area contributed by atoms with E-state index in [-0.39, 0.29) is 0 Å². The number of rotatable bonds is 2. The Hall–Kier alpha value is -1.69. The number of methoxy groups -OCH3 is 1. The average molecular weight is 222 g/mol. The minimum absolute atomic E-state index is 0.387. The third-order valence-corrected chi connectivity index (χ3v) is 2.42. The second-order valence-corrected chi connectivity index (χ2v) is 3.41. The molecule has 0 spiro atoms. The van der Waals surface area contributed by atoms with Crippen molar-refractivity contribution in [3.63, 3.8) is 0 Å². The zero-order valence-electron chi connectivity index (χ0n) is 9.14. The molecule has 1 aromatic rings. The van der Waals surface area contributed by atoms with Crippen LogP contribution in [0.15, 0.2) is 12.1 Å². The van der Waals surface area contributed by atoms with E-state index in [0.29, 0.717) is 30.6 Å². The van der Waals surface area contributed by atoms with Crippen LogP contribution in [0.1, 0.15) is 5.69 Å². The van der Waals surface area contributed by atoms with Crippen molar-refractivity contribution in [3.8, 4) is 5.88 Å². The summed E-state index contributed by atoms with van der Waals surface area (Å²) in [6, 6.07) is 3.45. The van der Waals surface area contributed by atoms with Gasteiger partial charge in [0.25, 0.3) is 0 Å². The van der Waals surface area contributed by atoms with E-state index in [1.807, 2.05) is 4.90 Å². The molecule has 1 aliphatic rings. The van der Waals surface area contributed by atoms with Crippen molar-refractivity contribution in [2.45, 2.75) is 0 Å². The summed E-state index contributed by atoms with van der Waals surface area (Å²) in [6.07, 6.45) is 0. The first-order chi connectivity index (χ1) is 7.81. The summed E-state index contributed by atoms with van der Waals surface area (Å²) in [4.78, 5) is 1.93. The minimum atomic E-state index is 0.387. The molecule has 1 N–H and O–H groups in total. The lowest BCUT2D eigenvalue weighted by atomic mass is 10.3. The molecule has 0 atom stereocenters. The maximum absolute atomic E-state index is 7.98. The largest absolute Gasteiger partial charge is 0.480 e. The number of nitrogens with zero attached hydrogens (tertiary/aromatic N) is 3. The number of nitrogens with one attached hydrogen (secondary N) is 1. The molecule has 2 heterocycles. The molecule has 2 rings (SSSR count). The zero-order chi connectivity index (χ0) is 11.4. The van der Waals surface area contributed by atoms with E-state index in [0.717, 1.165) is 13.1 Å².